The van der Waals surface area contributed by atoms with Crippen molar-refractivity contribution < 1.29 is 22.8 Å². The Morgan fingerprint density at radius 2 is 1.90 bits per heavy atom. The largest absolute Gasteiger partial charge is 0.389 e. The number of amides is 2. The minimum Gasteiger partial charge on any atom is -0.352 e. The van der Waals surface area contributed by atoms with Crippen LogP contribution in [-0.4, -0.2) is 37.6 Å². The summed E-state index contributed by atoms with van der Waals surface area (Å²) < 4.78 is 38.0. The molecule has 2 N–H and O–H groups in total. The monoisotopic (exact) mass is 434 g/mol. The van der Waals surface area contributed by atoms with Gasteiger partial charge in [-0.15, -0.1) is 0 Å². The molecule has 0 aliphatic carbocycles. The summed E-state index contributed by atoms with van der Waals surface area (Å²) >= 11 is 0. The van der Waals surface area contributed by atoms with Crippen molar-refractivity contribution in [3.8, 4) is 0 Å². The van der Waals surface area contributed by atoms with Gasteiger partial charge in [-0.1, -0.05) is 13.0 Å². The lowest BCUT2D eigenvalue weighted by atomic mass is 10.2. The Balaban J connectivity index is 1.56. The van der Waals surface area contributed by atoms with E-state index in [0.717, 1.165) is 12.1 Å². The Morgan fingerprint density at radius 3 is 2.65 bits per heavy atom. The second-order valence-electron chi connectivity index (χ2n) is 6.84. The summed E-state index contributed by atoms with van der Waals surface area (Å²) in [5, 5.41) is 9.36. The number of fused-ring (bicyclic) bond motifs is 1. The smallest absolute Gasteiger partial charge is 0.352 e. The van der Waals surface area contributed by atoms with Crippen LogP contribution in [0, 0.1) is 0 Å². The van der Waals surface area contributed by atoms with Crippen molar-refractivity contribution in [1.82, 2.24) is 30.2 Å². The molecule has 0 saturated carbocycles. The highest BCUT2D eigenvalue weighted by Gasteiger charge is 2.27. The number of carbonyl (C=O) groups excluding carboxylic acids is 2. The van der Waals surface area contributed by atoms with Crippen LogP contribution >= 0.6 is 0 Å². The number of halogens is 3. The third kappa shape index (κ3) is 6.49. The van der Waals surface area contributed by atoms with Crippen LogP contribution in [-0.2, 0) is 24.3 Å². The van der Waals surface area contributed by atoms with Gasteiger partial charge >= 0.3 is 6.18 Å². The average molecular weight is 434 g/mol. The SMILES string of the molecule is CCc1cccc(C(=O)NCc2cn3ncc(CNC(=O)CCC(F)(F)F)cc3n2)n1. The second kappa shape index (κ2) is 9.54. The van der Waals surface area contributed by atoms with Crippen LogP contribution in [0.2, 0.25) is 0 Å². The fraction of sp³-hybridized carbons (Fsp3) is 0.350. The number of aromatic nitrogens is 4. The summed E-state index contributed by atoms with van der Waals surface area (Å²) in [6.45, 7) is 2.16. The van der Waals surface area contributed by atoms with Gasteiger partial charge in [-0.3, -0.25) is 9.59 Å². The van der Waals surface area contributed by atoms with Gasteiger partial charge in [0.2, 0.25) is 5.91 Å². The predicted molar refractivity (Wildman–Crippen MR) is 105 cm³/mol. The molecule has 11 heteroatoms. The maximum atomic E-state index is 12.3. The van der Waals surface area contributed by atoms with Crippen LogP contribution < -0.4 is 10.6 Å². The Hall–Kier alpha value is -3.50. The molecule has 0 unspecified atom stereocenters. The van der Waals surface area contributed by atoms with Crippen molar-refractivity contribution in [2.45, 2.75) is 45.5 Å². The molecule has 0 fully saturated rings. The molecule has 3 rings (SSSR count). The van der Waals surface area contributed by atoms with E-state index in [4.69, 9.17) is 0 Å². The van der Waals surface area contributed by atoms with Gasteiger partial charge in [0, 0.05) is 18.7 Å². The van der Waals surface area contributed by atoms with Crippen molar-refractivity contribution in [3.63, 3.8) is 0 Å². The lowest BCUT2D eigenvalue weighted by Crippen LogP contribution is -2.24. The molecule has 0 aliphatic rings. The highest BCUT2D eigenvalue weighted by atomic mass is 19.4. The first-order valence-electron chi connectivity index (χ1n) is 9.64. The van der Waals surface area contributed by atoms with E-state index >= 15 is 0 Å². The summed E-state index contributed by atoms with van der Waals surface area (Å²) in [7, 11) is 0. The number of nitrogens with one attached hydrogen (secondary N) is 2. The van der Waals surface area contributed by atoms with E-state index in [1.165, 1.54) is 10.7 Å². The predicted octanol–water partition coefficient (Wildman–Crippen LogP) is 2.58. The van der Waals surface area contributed by atoms with Crippen LogP contribution in [0.4, 0.5) is 13.2 Å². The van der Waals surface area contributed by atoms with E-state index in [-0.39, 0.29) is 19.0 Å². The molecule has 2 amide bonds. The lowest BCUT2D eigenvalue weighted by Gasteiger charge is -2.07. The highest BCUT2D eigenvalue weighted by molar-refractivity contribution is 5.92. The summed E-state index contributed by atoms with van der Waals surface area (Å²) in [6.07, 6.45) is -2.29. The van der Waals surface area contributed by atoms with Crippen molar-refractivity contribution in [2.24, 2.45) is 0 Å². The number of hydrogen-bond acceptors (Lipinski definition) is 5. The van der Waals surface area contributed by atoms with Crippen LogP contribution in [0.1, 0.15) is 47.2 Å². The third-order valence-corrected chi connectivity index (χ3v) is 4.38. The number of alkyl halides is 3. The molecule has 3 aromatic heterocycles. The minimum absolute atomic E-state index is 0.0402. The number of hydrogen-bond donors (Lipinski definition) is 2. The second-order valence-corrected chi connectivity index (χ2v) is 6.84. The number of carbonyl (C=O) groups is 2. The molecular formula is C20H21F3N6O2. The van der Waals surface area contributed by atoms with E-state index in [1.807, 2.05) is 13.0 Å². The first kappa shape index (κ1) is 22.2. The molecule has 0 aliphatic heterocycles. The number of imidazole rings is 1. The summed E-state index contributed by atoms with van der Waals surface area (Å²) in [4.78, 5) is 32.5. The maximum Gasteiger partial charge on any atom is 0.389 e. The molecule has 164 valence electrons. The van der Waals surface area contributed by atoms with E-state index in [1.54, 1.807) is 24.4 Å². The Morgan fingerprint density at radius 1 is 1.10 bits per heavy atom. The fourth-order valence-electron chi connectivity index (χ4n) is 2.76. The molecule has 0 aromatic carbocycles. The van der Waals surface area contributed by atoms with Gasteiger partial charge in [0.25, 0.3) is 5.91 Å². The molecule has 0 saturated heterocycles. The van der Waals surface area contributed by atoms with Crippen LogP contribution in [0.5, 0.6) is 0 Å². The molecule has 8 nitrogen and oxygen atoms in total. The summed E-state index contributed by atoms with van der Waals surface area (Å²) in [6, 6.07) is 6.92. The van der Waals surface area contributed by atoms with Gasteiger partial charge in [-0.05, 0) is 30.2 Å². The van der Waals surface area contributed by atoms with Gasteiger partial charge in [-0.25, -0.2) is 14.5 Å². The van der Waals surface area contributed by atoms with E-state index in [0.29, 0.717) is 22.6 Å². The van der Waals surface area contributed by atoms with Gasteiger partial charge in [0.1, 0.15) is 5.69 Å². The number of pyridine rings is 1. The molecule has 0 radical (unpaired) electrons. The van der Waals surface area contributed by atoms with Gasteiger partial charge in [0.15, 0.2) is 5.65 Å². The molecule has 3 aromatic rings. The average Bonchev–Trinajstić information content (AvgIpc) is 3.16. The minimum atomic E-state index is -4.37. The van der Waals surface area contributed by atoms with E-state index in [9.17, 15) is 22.8 Å². The summed E-state index contributed by atoms with van der Waals surface area (Å²) in [5.74, 6) is -1.01. The van der Waals surface area contributed by atoms with E-state index < -0.39 is 24.9 Å². The Bertz CT molecular complexity index is 1080. The van der Waals surface area contributed by atoms with Crippen molar-refractivity contribution in [3.05, 3.63) is 59.3 Å². The zero-order valence-corrected chi connectivity index (χ0v) is 16.7. The Labute approximate surface area is 175 Å². The quantitative estimate of drug-likeness (QED) is 0.568. The van der Waals surface area contributed by atoms with Gasteiger partial charge in [0.05, 0.1) is 31.1 Å². The first-order chi connectivity index (χ1) is 14.7. The normalized spacial score (nSPS) is 11.5. The van der Waals surface area contributed by atoms with Crippen molar-refractivity contribution in [2.75, 3.05) is 0 Å². The molecule has 0 bridgehead atoms. The molecule has 3 heterocycles. The van der Waals surface area contributed by atoms with Crippen molar-refractivity contribution in [1.29, 1.82) is 0 Å². The van der Waals surface area contributed by atoms with Crippen LogP contribution in [0.3, 0.4) is 0 Å². The summed E-state index contributed by atoms with van der Waals surface area (Å²) in [5.41, 5.74) is 2.79. The Kier molecular flexibility index (Phi) is 6.83. The third-order valence-electron chi connectivity index (χ3n) is 4.38. The standard InChI is InChI=1S/C20H21F3N6O2/c1-2-14-4-3-5-16(27-14)19(31)25-11-15-12-29-17(28-15)8-13(10-26-29)9-24-18(30)6-7-20(21,22)23/h3-5,8,10,12H,2,6-7,9,11H2,1H3,(H,24,30)(H,25,31). The van der Waals surface area contributed by atoms with Gasteiger partial charge in [-0.2, -0.15) is 18.3 Å². The topological polar surface area (TPSA) is 101 Å². The molecule has 0 spiro atoms. The molecule has 31 heavy (non-hydrogen) atoms. The number of nitrogens with zero attached hydrogens (tertiary/aromatic N) is 4. The number of aryl methyl sites for hydroxylation is 1. The maximum absolute atomic E-state index is 12.3. The van der Waals surface area contributed by atoms with Gasteiger partial charge < -0.3 is 10.6 Å². The highest BCUT2D eigenvalue weighted by Crippen LogP contribution is 2.21. The van der Waals surface area contributed by atoms with Crippen LogP contribution in [0.25, 0.3) is 5.65 Å². The molecule has 0 atom stereocenters. The van der Waals surface area contributed by atoms with Crippen LogP contribution in [0.15, 0.2) is 36.7 Å². The zero-order valence-electron chi connectivity index (χ0n) is 16.7. The zero-order chi connectivity index (χ0) is 22.4. The number of rotatable bonds is 8. The molecular weight excluding hydrogens is 413 g/mol. The van der Waals surface area contributed by atoms with E-state index in [2.05, 4.69) is 25.7 Å². The first-order valence-corrected chi connectivity index (χ1v) is 9.64. The van der Waals surface area contributed by atoms with Crippen molar-refractivity contribution >= 4 is 17.5 Å². The fourth-order valence-corrected chi connectivity index (χ4v) is 2.76. The lowest BCUT2D eigenvalue weighted by molar-refractivity contribution is -0.144.